The third kappa shape index (κ3) is 5.44. The number of likely N-dealkylation sites (tertiary alicyclic amines) is 1. The largest absolute Gasteiger partial charge is 0.433 e. The van der Waals surface area contributed by atoms with E-state index in [-0.39, 0.29) is 30.9 Å². The molecule has 0 radical (unpaired) electrons. The smallest absolute Gasteiger partial charge is 0.327 e. The fourth-order valence-corrected chi connectivity index (χ4v) is 2.18. The van der Waals surface area contributed by atoms with Crippen molar-refractivity contribution in [2.24, 2.45) is 5.73 Å². The van der Waals surface area contributed by atoms with Crippen molar-refractivity contribution in [1.29, 1.82) is 0 Å². The van der Waals surface area contributed by atoms with Gasteiger partial charge < -0.3 is 5.73 Å². The predicted octanol–water partition coefficient (Wildman–Crippen LogP) is 2.87. The molecular formula is C12H18Cl2F3N3. The van der Waals surface area contributed by atoms with E-state index in [1.54, 1.807) is 0 Å². The zero-order valence-electron chi connectivity index (χ0n) is 10.8. The summed E-state index contributed by atoms with van der Waals surface area (Å²) in [6, 6.07) is 2.68. The molecule has 0 amide bonds. The lowest BCUT2D eigenvalue weighted by atomic mass is 10.1. The van der Waals surface area contributed by atoms with E-state index < -0.39 is 11.9 Å². The molecule has 1 aliphatic heterocycles. The molecule has 116 valence electrons. The van der Waals surface area contributed by atoms with Crippen LogP contribution in [0.4, 0.5) is 13.2 Å². The van der Waals surface area contributed by atoms with Crippen molar-refractivity contribution < 1.29 is 13.2 Å². The van der Waals surface area contributed by atoms with Crippen LogP contribution in [0.25, 0.3) is 0 Å². The summed E-state index contributed by atoms with van der Waals surface area (Å²) in [5, 5.41) is 0. The summed E-state index contributed by atoms with van der Waals surface area (Å²) in [6.07, 6.45) is -1.02. The SMILES string of the molecule is Cl.Cl.NC1CCCN(Cc2ccc(C(F)(F)F)nc2)C1. The van der Waals surface area contributed by atoms with E-state index in [4.69, 9.17) is 5.73 Å². The minimum atomic E-state index is -4.37. The summed E-state index contributed by atoms with van der Waals surface area (Å²) in [4.78, 5) is 5.60. The highest BCUT2D eigenvalue weighted by molar-refractivity contribution is 5.85. The van der Waals surface area contributed by atoms with Gasteiger partial charge >= 0.3 is 6.18 Å². The number of piperidine rings is 1. The molecule has 1 saturated heterocycles. The summed E-state index contributed by atoms with van der Waals surface area (Å²) in [7, 11) is 0. The number of nitrogens with two attached hydrogens (primary N) is 1. The van der Waals surface area contributed by atoms with Crippen molar-refractivity contribution in [3.05, 3.63) is 29.6 Å². The normalized spacial score (nSPS) is 19.9. The lowest BCUT2D eigenvalue weighted by Crippen LogP contribution is -2.42. The van der Waals surface area contributed by atoms with Crippen LogP contribution in [0.5, 0.6) is 0 Å². The van der Waals surface area contributed by atoms with E-state index >= 15 is 0 Å². The highest BCUT2D eigenvalue weighted by Crippen LogP contribution is 2.27. The Hall–Kier alpha value is -0.560. The summed E-state index contributed by atoms with van der Waals surface area (Å²) >= 11 is 0. The first kappa shape index (κ1) is 19.4. The number of hydrogen-bond donors (Lipinski definition) is 1. The van der Waals surface area contributed by atoms with Gasteiger partial charge in [-0.3, -0.25) is 9.88 Å². The molecule has 0 bridgehead atoms. The van der Waals surface area contributed by atoms with Crippen molar-refractivity contribution in [1.82, 2.24) is 9.88 Å². The van der Waals surface area contributed by atoms with Gasteiger partial charge in [0.25, 0.3) is 0 Å². The molecule has 1 aliphatic rings. The Morgan fingerprint density at radius 2 is 2.00 bits per heavy atom. The number of hydrogen-bond acceptors (Lipinski definition) is 3. The average Bonchev–Trinajstić information content (AvgIpc) is 2.28. The molecule has 20 heavy (non-hydrogen) atoms. The number of pyridine rings is 1. The molecule has 8 heteroatoms. The molecule has 1 fully saturated rings. The topological polar surface area (TPSA) is 42.1 Å². The van der Waals surface area contributed by atoms with Gasteiger partial charge in [-0.15, -0.1) is 24.8 Å². The Labute approximate surface area is 128 Å². The summed E-state index contributed by atoms with van der Waals surface area (Å²) in [5.74, 6) is 0. The second-order valence-corrected chi connectivity index (χ2v) is 4.69. The number of aromatic nitrogens is 1. The summed E-state index contributed by atoms with van der Waals surface area (Å²) in [5.41, 5.74) is 5.80. The molecule has 1 unspecified atom stereocenters. The maximum atomic E-state index is 12.3. The van der Waals surface area contributed by atoms with Gasteiger partial charge in [0.05, 0.1) is 0 Å². The molecule has 0 aliphatic carbocycles. The van der Waals surface area contributed by atoms with Crippen LogP contribution in [-0.4, -0.2) is 29.0 Å². The van der Waals surface area contributed by atoms with Crippen LogP contribution in [-0.2, 0) is 12.7 Å². The van der Waals surface area contributed by atoms with Gasteiger partial charge in [-0.1, -0.05) is 6.07 Å². The van der Waals surface area contributed by atoms with Gasteiger partial charge in [-0.25, -0.2) is 0 Å². The molecule has 0 saturated carbocycles. The number of rotatable bonds is 2. The monoisotopic (exact) mass is 331 g/mol. The molecular weight excluding hydrogens is 314 g/mol. The minimum Gasteiger partial charge on any atom is -0.327 e. The number of halogens is 5. The van der Waals surface area contributed by atoms with E-state index in [0.717, 1.165) is 37.6 Å². The highest BCUT2D eigenvalue weighted by atomic mass is 35.5. The van der Waals surface area contributed by atoms with Gasteiger partial charge in [0, 0.05) is 25.3 Å². The average molecular weight is 332 g/mol. The first-order chi connectivity index (χ1) is 8.45. The number of nitrogens with zero attached hydrogens (tertiary/aromatic N) is 2. The zero-order valence-corrected chi connectivity index (χ0v) is 12.4. The molecule has 2 heterocycles. The summed E-state index contributed by atoms with van der Waals surface area (Å²) < 4.78 is 37.0. The Balaban J connectivity index is 0.00000180. The lowest BCUT2D eigenvalue weighted by molar-refractivity contribution is -0.141. The van der Waals surface area contributed by atoms with Gasteiger partial charge in [0.15, 0.2) is 0 Å². The van der Waals surface area contributed by atoms with E-state index in [1.807, 2.05) is 0 Å². The predicted molar refractivity (Wildman–Crippen MR) is 76.2 cm³/mol. The van der Waals surface area contributed by atoms with Crippen LogP contribution in [0.2, 0.25) is 0 Å². The minimum absolute atomic E-state index is 0. The second kappa shape index (κ2) is 8.02. The van der Waals surface area contributed by atoms with Crippen molar-refractivity contribution in [3.63, 3.8) is 0 Å². The zero-order chi connectivity index (χ0) is 13.2. The Morgan fingerprint density at radius 3 is 2.50 bits per heavy atom. The van der Waals surface area contributed by atoms with Crippen molar-refractivity contribution >= 4 is 24.8 Å². The lowest BCUT2D eigenvalue weighted by Gasteiger charge is -2.30. The standard InChI is InChI=1S/C12H16F3N3.2ClH/c13-12(14,15)11-4-3-9(6-17-11)7-18-5-1-2-10(16)8-18;;/h3-4,6,10H,1-2,5,7-8,16H2;2*1H. The highest BCUT2D eigenvalue weighted by Gasteiger charge is 2.32. The molecule has 1 aromatic rings. The van der Waals surface area contributed by atoms with Gasteiger partial charge in [0.1, 0.15) is 5.69 Å². The van der Waals surface area contributed by atoms with Crippen LogP contribution >= 0.6 is 24.8 Å². The maximum absolute atomic E-state index is 12.3. The maximum Gasteiger partial charge on any atom is 0.433 e. The van der Waals surface area contributed by atoms with Crippen LogP contribution in [0, 0.1) is 0 Å². The van der Waals surface area contributed by atoms with Gasteiger partial charge in [0.2, 0.25) is 0 Å². The third-order valence-electron chi connectivity index (χ3n) is 3.06. The van der Waals surface area contributed by atoms with E-state index in [0.29, 0.717) is 6.54 Å². The third-order valence-corrected chi connectivity index (χ3v) is 3.06. The molecule has 1 atom stereocenters. The van der Waals surface area contributed by atoms with Gasteiger partial charge in [-0.2, -0.15) is 13.2 Å². The Bertz CT molecular complexity index is 398. The molecule has 3 nitrogen and oxygen atoms in total. The van der Waals surface area contributed by atoms with Crippen LogP contribution in [0.3, 0.4) is 0 Å². The first-order valence-corrected chi connectivity index (χ1v) is 5.95. The van der Waals surface area contributed by atoms with Gasteiger partial charge in [-0.05, 0) is 31.0 Å². The molecule has 0 spiro atoms. The van der Waals surface area contributed by atoms with Crippen LogP contribution in [0.15, 0.2) is 18.3 Å². The Morgan fingerprint density at radius 1 is 1.30 bits per heavy atom. The van der Waals surface area contributed by atoms with Crippen LogP contribution in [0.1, 0.15) is 24.1 Å². The molecule has 2 rings (SSSR count). The fourth-order valence-electron chi connectivity index (χ4n) is 2.18. The quantitative estimate of drug-likeness (QED) is 0.906. The van der Waals surface area contributed by atoms with Crippen LogP contribution < -0.4 is 5.73 Å². The number of alkyl halides is 3. The molecule has 2 N–H and O–H groups in total. The van der Waals surface area contributed by atoms with E-state index in [2.05, 4.69) is 9.88 Å². The van der Waals surface area contributed by atoms with E-state index in [9.17, 15) is 13.2 Å². The Kier molecular flexibility index (Phi) is 7.80. The second-order valence-electron chi connectivity index (χ2n) is 4.69. The molecule has 0 aromatic carbocycles. The van der Waals surface area contributed by atoms with Crippen molar-refractivity contribution in [3.8, 4) is 0 Å². The van der Waals surface area contributed by atoms with E-state index in [1.165, 1.54) is 12.3 Å². The van der Waals surface area contributed by atoms with Crippen molar-refractivity contribution in [2.75, 3.05) is 13.1 Å². The first-order valence-electron chi connectivity index (χ1n) is 5.95. The fraction of sp³-hybridized carbons (Fsp3) is 0.583. The summed E-state index contributed by atoms with van der Waals surface area (Å²) in [6.45, 7) is 2.34. The molecule has 1 aromatic heterocycles. The van der Waals surface area contributed by atoms with Crippen molar-refractivity contribution in [2.45, 2.75) is 31.6 Å².